The summed E-state index contributed by atoms with van der Waals surface area (Å²) in [7, 11) is 4.03. The number of anilines is 1. The molecule has 0 N–H and O–H groups in total. The van der Waals surface area contributed by atoms with Gasteiger partial charge in [0.1, 0.15) is 6.54 Å². The predicted molar refractivity (Wildman–Crippen MR) is 57.7 cm³/mol. The zero-order valence-corrected chi connectivity index (χ0v) is 9.16. The molecule has 1 aliphatic rings. The predicted octanol–water partition coefficient (Wildman–Crippen LogP) is 1.97. The fraction of sp³-hybridized carbons (Fsp3) is 0.222. The largest absolute Gasteiger partial charge is 0.308 e. The lowest BCUT2D eigenvalue weighted by atomic mass is 10.2. The summed E-state index contributed by atoms with van der Waals surface area (Å²) in [5.74, 6) is 0. The van der Waals surface area contributed by atoms with E-state index in [1.54, 1.807) is 0 Å². The first kappa shape index (κ1) is 8.31. The fourth-order valence-electron chi connectivity index (χ4n) is 1.29. The Morgan fingerprint density at radius 3 is 2.83 bits per heavy atom. The highest BCUT2D eigenvalue weighted by molar-refractivity contribution is 14.1. The maximum Gasteiger partial charge on any atom is 0.120 e. The van der Waals surface area contributed by atoms with Gasteiger partial charge in [0.05, 0.1) is 5.69 Å². The van der Waals surface area contributed by atoms with Crippen molar-refractivity contribution in [3.05, 3.63) is 33.9 Å². The molecule has 3 heteroatoms. The number of hydrazine groups is 1. The molecule has 0 bridgehead atoms. The van der Waals surface area contributed by atoms with Crippen molar-refractivity contribution in [2.24, 2.45) is 0 Å². The van der Waals surface area contributed by atoms with E-state index in [9.17, 15) is 0 Å². The zero-order valence-electron chi connectivity index (χ0n) is 7.00. The summed E-state index contributed by atoms with van der Waals surface area (Å²) in [6.45, 7) is 3.24. The van der Waals surface area contributed by atoms with Crippen molar-refractivity contribution in [2.75, 3.05) is 19.1 Å². The molecule has 1 aliphatic heterocycles. The van der Waals surface area contributed by atoms with E-state index >= 15 is 0 Å². The lowest BCUT2D eigenvalue weighted by molar-refractivity contribution is 0.432. The first-order valence-electron chi connectivity index (χ1n) is 3.72. The maximum atomic E-state index is 3.24. The summed E-state index contributed by atoms with van der Waals surface area (Å²) in [5, 5.41) is 4.03. The van der Waals surface area contributed by atoms with Gasteiger partial charge in [-0.25, -0.2) is 5.01 Å². The van der Waals surface area contributed by atoms with Gasteiger partial charge >= 0.3 is 0 Å². The van der Waals surface area contributed by atoms with Crippen molar-refractivity contribution in [1.29, 1.82) is 0 Å². The molecule has 1 aromatic carbocycles. The van der Waals surface area contributed by atoms with Crippen LogP contribution < -0.4 is 5.01 Å². The lowest BCUT2D eigenvalue weighted by Crippen LogP contribution is -2.28. The molecule has 0 aromatic heterocycles. The molecule has 2 radical (unpaired) electrons. The summed E-state index contributed by atoms with van der Waals surface area (Å²) < 4.78 is 1.25. The molecule has 0 spiro atoms. The number of nitrogens with zero attached hydrogens (tertiary/aromatic N) is 2. The average molecular weight is 272 g/mol. The lowest BCUT2D eigenvalue weighted by Gasteiger charge is -2.20. The highest BCUT2D eigenvalue weighted by Crippen LogP contribution is 2.31. The van der Waals surface area contributed by atoms with Crippen molar-refractivity contribution in [1.82, 2.24) is 5.01 Å². The van der Waals surface area contributed by atoms with E-state index in [-0.39, 0.29) is 0 Å². The summed E-state index contributed by atoms with van der Waals surface area (Å²) in [6, 6.07) is 6.36. The van der Waals surface area contributed by atoms with Crippen molar-refractivity contribution >= 4 is 28.3 Å². The zero-order chi connectivity index (χ0) is 8.72. The summed E-state index contributed by atoms with van der Waals surface area (Å²) >= 11 is 2.31. The monoisotopic (exact) mass is 272 g/mol. The quantitative estimate of drug-likeness (QED) is 0.666. The number of hydrogen-bond acceptors (Lipinski definition) is 2. The topological polar surface area (TPSA) is 6.48 Å². The maximum absolute atomic E-state index is 3.24. The Morgan fingerprint density at radius 1 is 1.33 bits per heavy atom. The molecule has 0 amide bonds. The first-order chi connectivity index (χ1) is 5.68. The molecule has 2 nitrogen and oxygen atoms in total. The molecule has 0 saturated carbocycles. The number of benzene rings is 1. The van der Waals surface area contributed by atoms with Gasteiger partial charge in [0.15, 0.2) is 0 Å². The Labute approximate surface area is 86.3 Å². The molecular formula is C9H9IN2. The van der Waals surface area contributed by atoms with Gasteiger partial charge in [0, 0.05) is 23.2 Å². The van der Waals surface area contributed by atoms with Crippen molar-refractivity contribution < 1.29 is 0 Å². The van der Waals surface area contributed by atoms with Gasteiger partial charge in [0.25, 0.3) is 0 Å². The molecule has 2 rings (SSSR count). The van der Waals surface area contributed by atoms with Crippen molar-refractivity contribution in [2.45, 2.75) is 0 Å². The minimum absolute atomic E-state index is 1.17. The van der Waals surface area contributed by atoms with Crippen LogP contribution in [-0.4, -0.2) is 19.1 Å². The van der Waals surface area contributed by atoms with E-state index in [2.05, 4.69) is 52.3 Å². The highest BCUT2D eigenvalue weighted by Gasteiger charge is 2.21. The Morgan fingerprint density at radius 2 is 2.08 bits per heavy atom. The Hall–Kier alpha value is -0.290. The van der Waals surface area contributed by atoms with Crippen LogP contribution >= 0.6 is 22.6 Å². The van der Waals surface area contributed by atoms with E-state index in [4.69, 9.17) is 0 Å². The van der Waals surface area contributed by atoms with Gasteiger partial charge in [0.2, 0.25) is 0 Å². The van der Waals surface area contributed by atoms with Crippen LogP contribution in [0, 0.1) is 10.1 Å². The normalized spacial score (nSPS) is 16.8. The average Bonchev–Trinajstić information content (AvgIpc) is 2.28. The van der Waals surface area contributed by atoms with Crippen LogP contribution in [0.15, 0.2) is 18.2 Å². The Bertz CT molecular complexity index is 311. The van der Waals surface area contributed by atoms with Crippen LogP contribution in [0.5, 0.6) is 0 Å². The van der Waals surface area contributed by atoms with Crippen molar-refractivity contribution in [3.63, 3.8) is 0 Å². The van der Waals surface area contributed by atoms with E-state index in [1.807, 2.05) is 19.1 Å². The minimum atomic E-state index is 1.17. The van der Waals surface area contributed by atoms with Gasteiger partial charge in [-0.05, 0) is 40.8 Å². The molecule has 1 heterocycles. The molecule has 0 saturated heterocycles. The van der Waals surface area contributed by atoms with Crippen molar-refractivity contribution in [3.8, 4) is 0 Å². The SMILES string of the molecule is CN1[C]c2cc(I)ccc2N1C. The van der Waals surface area contributed by atoms with Gasteiger partial charge in [-0.15, -0.1) is 0 Å². The second kappa shape index (κ2) is 2.88. The molecular weight excluding hydrogens is 263 g/mol. The standard InChI is InChI=1S/C9H9IN2/c1-11-6-7-5-8(10)3-4-9(7)12(11)2/h3-5H,1-2H3. The number of halogens is 1. The second-order valence-corrected chi connectivity index (χ2v) is 4.07. The number of fused-ring (bicyclic) bond motifs is 1. The summed E-state index contributed by atoms with van der Waals surface area (Å²) in [5.41, 5.74) is 2.39. The Balaban J connectivity index is 2.47. The van der Waals surface area contributed by atoms with Crippen LogP contribution in [-0.2, 0) is 0 Å². The van der Waals surface area contributed by atoms with E-state index < -0.39 is 0 Å². The summed E-state index contributed by atoms with van der Waals surface area (Å²) in [4.78, 5) is 0. The summed E-state index contributed by atoms with van der Waals surface area (Å²) in [6.07, 6.45) is 0. The third-order valence-corrected chi connectivity index (χ3v) is 2.71. The second-order valence-electron chi connectivity index (χ2n) is 2.82. The number of hydrogen-bond donors (Lipinski definition) is 0. The Kier molecular flexibility index (Phi) is 2.00. The van der Waals surface area contributed by atoms with Crippen LogP contribution in [0.4, 0.5) is 5.69 Å². The molecule has 62 valence electrons. The third-order valence-electron chi connectivity index (χ3n) is 2.04. The van der Waals surface area contributed by atoms with Crippen LogP contribution in [0.25, 0.3) is 0 Å². The minimum Gasteiger partial charge on any atom is -0.308 e. The molecule has 0 fully saturated rings. The van der Waals surface area contributed by atoms with E-state index in [0.29, 0.717) is 0 Å². The third kappa shape index (κ3) is 1.21. The van der Waals surface area contributed by atoms with Crippen LogP contribution in [0.1, 0.15) is 5.56 Å². The van der Waals surface area contributed by atoms with E-state index in [1.165, 1.54) is 14.8 Å². The molecule has 0 atom stereocenters. The highest BCUT2D eigenvalue weighted by atomic mass is 127. The van der Waals surface area contributed by atoms with Gasteiger partial charge < -0.3 is 5.01 Å². The smallest absolute Gasteiger partial charge is 0.120 e. The fourth-order valence-corrected chi connectivity index (χ4v) is 1.78. The van der Waals surface area contributed by atoms with Gasteiger partial charge in [-0.2, -0.15) is 0 Å². The van der Waals surface area contributed by atoms with Crippen LogP contribution in [0.3, 0.4) is 0 Å². The number of rotatable bonds is 0. The first-order valence-corrected chi connectivity index (χ1v) is 4.80. The van der Waals surface area contributed by atoms with Crippen LogP contribution in [0.2, 0.25) is 0 Å². The molecule has 0 unspecified atom stereocenters. The van der Waals surface area contributed by atoms with Gasteiger partial charge in [-0.3, -0.25) is 0 Å². The molecule has 12 heavy (non-hydrogen) atoms. The van der Waals surface area contributed by atoms with E-state index in [0.717, 1.165) is 0 Å². The molecule has 0 aliphatic carbocycles. The van der Waals surface area contributed by atoms with Gasteiger partial charge in [-0.1, -0.05) is 0 Å². The molecule has 1 aromatic rings.